The number of hydrogen-bond acceptors (Lipinski definition) is 5. The maximum absolute atomic E-state index is 5.86. The molecule has 1 aromatic carbocycles. The number of hydrogen-bond donors (Lipinski definition) is 0. The van der Waals surface area contributed by atoms with Crippen LogP contribution in [-0.2, 0) is 0 Å². The molecule has 2 aromatic rings. The maximum atomic E-state index is 5.86. The number of benzene rings is 1. The number of para-hydroxylation sites is 1. The van der Waals surface area contributed by atoms with Crippen molar-refractivity contribution in [2.45, 2.75) is 44.1 Å². The van der Waals surface area contributed by atoms with Crippen LogP contribution >= 0.6 is 11.6 Å². The van der Waals surface area contributed by atoms with Crippen LogP contribution in [0.5, 0.6) is 5.75 Å². The van der Waals surface area contributed by atoms with Crippen LogP contribution in [0.15, 0.2) is 36.4 Å². The molecule has 1 atom stereocenters. The van der Waals surface area contributed by atoms with Crippen molar-refractivity contribution in [1.82, 2.24) is 15.1 Å². The van der Waals surface area contributed by atoms with Gasteiger partial charge in [0.05, 0.1) is 7.11 Å². The molecule has 3 aliphatic rings. The van der Waals surface area contributed by atoms with E-state index in [4.69, 9.17) is 16.3 Å². The predicted molar refractivity (Wildman–Crippen MR) is 116 cm³/mol. The number of likely N-dealkylation sites (tertiary alicyclic amines) is 1. The zero-order chi connectivity index (χ0) is 19.8. The van der Waals surface area contributed by atoms with Crippen molar-refractivity contribution in [2.75, 3.05) is 38.2 Å². The smallest absolute Gasteiger partial charge is 0.151 e. The quantitative estimate of drug-likeness (QED) is 0.745. The van der Waals surface area contributed by atoms with Gasteiger partial charge in [-0.15, -0.1) is 10.2 Å². The van der Waals surface area contributed by atoms with Gasteiger partial charge in [-0.1, -0.05) is 29.8 Å². The number of methoxy groups -OCH3 is 1. The highest BCUT2D eigenvalue weighted by Crippen LogP contribution is 2.48. The van der Waals surface area contributed by atoms with Gasteiger partial charge in [0.25, 0.3) is 0 Å². The number of ether oxygens (including phenoxy) is 1. The van der Waals surface area contributed by atoms with E-state index >= 15 is 0 Å². The molecule has 0 amide bonds. The minimum Gasteiger partial charge on any atom is -0.496 e. The van der Waals surface area contributed by atoms with E-state index in [1.54, 1.807) is 7.11 Å². The first-order chi connectivity index (χ1) is 14.2. The molecule has 3 heterocycles. The highest BCUT2D eigenvalue weighted by Gasteiger charge is 2.49. The number of nitrogens with zero attached hydrogens (tertiary/aromatic N) is 4. The van der Waals surface area contributed by atoms with Gasteiger partial charge in [0.2, 0.25) is 0 Å². The Hall–Kier alpha value is -1.85. The summed E-state index contributed by atoms with van der Waals surface area (Å²) in [4.78, 5) is 5.10. The van der Waals surface area contributed by atoms with Crippen molar-refractivity contribution in [1.29, 1.82) is 0 Å². The van der Waals surface area contributed by atoms with Crippen molar-refractivity contribution in [2.24, 2.45) is 5.41 Å². The Labute approximate surface area is 178 Å². The zero-order valence-corrected chi connectivity index (χ0v) is 17.8. The van der Waals surface area contributed by atoms with Gasteiger partial charge in [-0.25, -0.2) is 0 Å². The Balaban J connectivity index is 1.15. The third kappa shape index (κ3) is 3.71. The summed E-state index contributed by atoms with van der Waals surface area (Å²) < 4.78 is 5.59. The Kier molecular flexibility index (Phi) is 5.12. The zero-order valence-electron chi connectivity index (χ0n) is 17.1. The van der Waals surface area contributed by atoms with Crippen molar-refractivity contribution >= 4 is 17.4 Å². The topological polar surface area (TPSA) is 41.5 Å². The van der Waals surface area contributed by atoms with Gasteiger partial charge >= 0.3 is 0 Å². The molecule has 0 bridgehead atoms. The molecular formula is C23H29ClN4O. The lowest BCUT2D eigenvalue weighted by Gasteiger charge is -2.49. The van der Waals surface area contributed by atoms with E-state index in [-0.39, 0.29) is 0 Å². The lowest BCUT2D eigenvalue weighted by molar-refractivity contribution is 0.131. The highest BCUT2D eigenvalue weighted by atomic mass is 35.5. The molecule has 1 saturated carbocycles. The molecule has 2 saturated heterocycles. The molecule has 6 heteroatoms. The molecule has 29 heavy (non-hydrogen) atoms. The van der Waals surface area contributed by atoms with E-state index in [1.165, 1.54) is 50.8 Å². The molecule has 1 aromatic heterocycles. The van der Waals surface area contributed by atoms with Gasteiger partial charge in [-0.3, -0.25) is 0 Å². The lowest BCUT2D eigenvalue weighted by Crippen LogP contribution is -2.56. The first-order valence-electron chi connectivity index (χ1n) is 10.8. The minimum atomic E-state index is 0.460. The molecule has 1 unspecified atom stereocenters. The third-order valence-corrected chi connectivity index (χ3v) is 7.50. The van der Waals surface area contributed by atoms with Crippen molar-refractivity contribution in [3.05, 3.63) is 47.1 Å². The summed E-state index contributed by atoms with van der Waals surface area (Å²) in [6.07, 6.45) is 6.46. The Bertz CT molecular complexity index is 844. The number of aromatic nitrogens is 2. The van der Waals surface area contributed by atoms with Crippen LogP contribution in [0.3, 0.4) is 0 Å². The first-order valence-corrected chi connectivity index (χ1v) is 11.1. The Morgan fingerprint density at radius 1 is 1.03 bits per heavy atom. The first kappa shape index (κ1) is 19.1. The second-order valence-electron chi connectivity index (χ2n) is 9.02. The van der Waals surface area contributed by atoms with Gasteiger partial charge < -0.3 is 14.5 Å². The maximum Gasteiger partial charge on any atom is 0.151 e. The van der Waals surface area contributed by atoms with Crippen LogP contribution in [-0.4, -0.2) is 54.4 Å². The van der Waals surface area contributed by atoms with Crippen molar-refractivity contribution in [3.8, 4) is 5.75 Å². The lowest BCUT2D eigenvalue weighted by atomic mass is 9.78. The second kappa shape index (κ2) is 7.77. The predicted octanol–water partition coefficient (Wildman–Crippen LogP) is 4.38. The molecule has 154 valence electrons. The summed E-state index contributed by atoms with van der Waals surface area (Å²) in [6.45, 7) is 4.63. The molecule has 0 N–H and O–H groups in total. The van der Waals surface area contributed by atoms with Gasteiger partial charge in [0, 0.05) is 24.5 Å². The molecule has 5 nitrogen and oxygen atoms in total. The van der Waals surface area contributed by atoms with E-state index in [0.717, 1.165) is 30.7 Å². The van der Waals surface area contributed by atoms with Crippen LogP contribution in [0.4, 0.5) is 5.82 Å². The molecule has 1 spiro atoms. The van der Waals surface area contributed by atoms with Crippen LogP contribution in [0.2, 0.25) is 5.15 Å². The van der Waals surface area contributed by atoms with Gasteiger partial charge in [0.1, 0.15) is 5.75 Å². The summed E-state index contributed by atoms with van der Waals surface area (Å²) >= 11 is 5.86. The Morgan fingerprint density at radius 3 is 2.55 bits per heavy atom. The average Bonchev–Trinajstić information content (AvgIpc) is 3.19. The number of halogens is 1. The van der Waals surface area contributed by atoms with Crippen LogP contribution < -0.4 is 9.64 Å². The largest absolute Gasteiger partial charge is 0.496 e. The van der Waals surface area contributed by atoms with Gasteiger partial charge in [-0.05, 0) is 74.9 Å². The SMILES string of the molecule is COc1ccccc1C1CCN(C2CCC3(C2)CN(c2ccc(Cl)nn2)C3)CC1. The minimum absolute atomic E-state index is 0.460. The van der Waals surface area contributed by atoms with Crippen LogP contribution in [0, 0.1) is 5.41 Å². The molecule has 1 aliphatic carbocycles. The number of piperidine rings is 1. The van der Waals surface area contributed by atoms with Gasteiger partial charge in [0.15, 0.2) is 11.0 Å². The molecule has 0 radical (unpaired) electrons. The van der Waals surface area contributed by atoms with E-state index in [1.807, 2.05) is 12.1 Å². The monoisotopic (exact) mass is 412 g/mol. The van der Waals surface area contributed by atoms with E-state index in [0.29, 0.717) is 16.5 Å². The molecule has 3 fully saturated rings. The summed E-state index contributed by atoms with van der Waals surface area (Å²) in [7, 11) is 1.78. The molecule has 5 rings (SSSR count). The highest BCUT2D eigenvalue weighted by molar-refractivity contribution is 6.29. The Morgan fingerprint density at radius 2 is 1.83 bits per heavy atom. The van der Waals surface area contributed by atoms with E-state index < -0.39 is 0 Å². The van der Waals surface area contributed by atoms with E-state index in [2.05, 4.69) is 44.3 Å². The molecular weight excluding hydrogens is 384 g/mol. The van der Waals surface area contributed by atoms with Crippen molar-refractivity contribution in [3.63, 3.8) is 0 Å². The van der Waals surface area contributed by atoms with Gasteiger partial charge in [-0.2, -0.15) is 0 Å². The fourth-order valence-electron chi connectivity index (χ4n) is 5.76. The third-order valence-electron chi connectivity index (χ3n) is 7.30. The standard InChI is InChI=1S/C23H29ClN4O/c1-29-20-5-3-2-4-19(20)17-9-12-27(13-10-17)18-8-11-23(14-18)15-28(16-23)22-7-6-21(24)25-26-22/h2-7,17-18H,8-16H2,1H3. The van der Waals surface area contributed by atoms with Crippen LogP contribution in [0.25, 0.3) is 0 Å². The van der Waals surface area contributed by atoms with E-state index in [9.17, 15) is 0 Å². The summed E-state index contributed by atoms with van der Waals surface area (Å²) in [6, 6.07) is 13.1. The fourth-order valence-corrected chi connectivity index (χ4v) is 5.86. The molecule has 2 aliphatic heterocycles. The van der Waals surface area contributed by atoms with Crippen molar-refractivity contribution < 1.29 is 4.74 Å². The number of rotatable bonds is 4. The summed E-state index contributed by atoms with van der Waals surface area (Å²) in [5, 5.41) is 8.68. The number of anilines is 1. The average molecular weight is 413 g/mol. The second-order valence-corrected chi connectivity index (χ2v) is 9.41. The fraction of sp³-hybridized carbons (Fsp3) is 0.565. The normalized spacial score (nSPS) is 24.6. The summed E-state index contributed by atoms with van der Waals surface area (Å²) in [5.41, 5.74) is 1.86. The van der Waals surface area contributed by atoms with Crippen LogP contribution in [0.1, 0.15) is 43.6 Å². The summed E-state index contributed by atoms with van der Waals surface area (Å²) in [5.74, 6) is 2.63.